The molecule has 1 aliphatic rings. The molecule has 1 heterocycles. The van der Waals surface area contributed by atoms with Crippen LogP contribution in [0, 0.1) is 5.41 Å². The normalized spacial score (nSPS) is 21.8. The number of rotatable bonds is 0. The SMILES string of the molecule is BC1(P)CN(C(=O)C(C)(C)C)C1. The van der Waals surface area contributed by atoms with Gasteiger partial charge >= 0.3 is 0 Å². The smallest absolute Gasteiger partial charge is 0.227 e. The molecule has 0 aromatic rings. The summed E-state index contributed by atoms with van der Waals surface area (Å²) >= 11 is 0. The Morgan fingerprint density at radius 3 is 2.17 bits per heavy atom. The van der Waals surface area contributed by atoms with Crippen LogP contribution in [0.2, 0.25) is 0 Å². The Bertz CT molecular complexity index is 202. The summed E-state index contributed by atoms with van der Waals surface area (Å²) in [4.78, 5) is 13.6. The van der Waals surface area contributed by atoms with Crippen molar-refractivity contribution >= 4 is 23.0 Å². The molecule has 1 fully saturated rings. The maximum absolute atomic E-state index is 11.7. The monoisotopic (exact) mass is 185 g/mol. The minimum absolute atomic E-state index is 0.221. The van der Waals surface area contributed by atoms with Crippen LogP contribution >= 0.6 is 9.24 Å². The van der Waals surface area contributed by atoms with Gasteiger partial charge in [-0.15, -0.1) is 9.24 Å². The van der Waals surface area contributed by atoms with Crippen molar-refractivity contribution in [3.63, 3.8) is 0 Å². The van der Waals surface area contributed by atoms with E-state index in [1.807, 2.05) is 25.7 Å². The zero-order valence-electron chi connectivity index (χ0n) is 8.35. The van der Waals surface area contributed by atoms with Crippen molar-refractivity contribution < 1.29 is 4.79 Å². The van der Waals surface area contributed by atoms with Crippen LogP contribution in [0.4, 0.5) is 0 Å². The quantitative estimate of drug-likeness (QED) is 0.386. The molecule has 4 heteroatoms. The Morgan fingerprint density at radius 1 is 1.50 bits per heavy atom. The van der Waals surface area contributed by atoms with Gasteiger partial charge in [0.2, 0.25) is 5.91 Å². The average Bonchev–Trinajstić information content (AvgIpc) is 1.78. The summed E-state index contributed by atoms with van der Waals surface area (Å²) in [5, 5.41) is 0.265. The maximum atomic E-state index is 11.7. The van der Waals surface area contributed by atoms with E-state index >= 15 is 0 Å². The molecule has 1 saturated heterocycles. The van der Waals surface area contributed by atoms with Crippen molar-refractivity contribution in [2.24, 2.45) is 5.41 Å². The lowest BCUT2D eigenvalue weighted by Gasteiger charge is -2.48. The van der Waals surface area contributed by atoms with Gasteiger partial charge in [0.15, 0.2) is 0 Å². The minimum atomic E-state index is -0.221. The molecular weight excluding hydrogens is 168 g/mol. The van der Waals surface area contributed by atoms with Crippen LogP contribution in [-0.2, 0) is 4.79 Å². The zero-order valence-corrected chi connectivity index (χ0v) is 9.50. The van der Waals surface area contributed by atoms with Crippen LogP contribution in [0.1, 0.15) is 20.8 Å². The molecule has 0 saturated carbocycles. The van der Waals surface area contributed by atoms with E-state index in [1.165, 1.54) is 0 Å². The van der Waals surface area contributed by atoms with Crippen molar-refractivity contribution in [1.82, 2.24) is 4.90 Å². The summed E-state index contributed by atoms with van der Waals surface area (Å²) in [6.45, 7) is 7.66. The van der Waals surface area contributed by atoms with Gasteiger partial charge in [-0.2, -0.15) is 0 Å². The molecule has 0 bridgehead atoms. The number of hydrogen-bond donors (Lipinski definition) is 0. The van der Waals surface area contributed by atoms with E-state index in [-0.39, 0.29) is 16.4 Å². The first-order valence-electron chi connectivity index (χ1n) is 4.31. The largest absolute Gasteiger partial charge is 0.342 e. The van der Waals surface area contributed by atoms with E-state index < -0.39 is 0 Å². The fourth-order valence-electron chi connectivity index (χ4n) is 1.44. The summed E-state index contributed by atoms with van der Waals surface area (Å²) in [7, 11) is 4.95. The first kappa shape index (κ1) is 10.0. The van der Waals surface area contributed by atoms with Gasteiger partial charge in [0.05, 0.1) is 0 Å². The zero-order chi connectivity index (χ0) is 9.57. The average molecular weight is 185 g/mol. The Balaban J connectivity index is 2.50. The molecule has 1 aliphatic heterocycles. The second kappa shape index (κ2) is 2.73. The summed E-state index contributed by atoms with van der Waals surface area (Å²) < 4.78 is 0. The highest BCUT2D eigenvalue weighted by Crippen LogP contribution is 2.30. The van der Waals surface area contributed by atoms with Crippen LogP contribution < -0.4 is 0 Å². The first-order chi connectivity index (χ1) is 5.22. The molecule has 0 N–H and O–H groups in total. The Morgan fingerprint density at radius 2 is 1.92 bits per heavy atom. The molecule has 0 aliphatic carbocycles. The highest BCUT2D eigenvalue weighted by atomic mass is 31.0. The van der Waals surface area contributed by atoms with E-state index in [1.54, 1.807) is 0 Å². The van der Waals surface area contributed by atoms with Gasteiger partial charge in [0.25, 0.3) is 0 Å². The molecule has 0 radical (unpaired) electrons. The molecule has 0 aromatic heterocycles. The topological polar surface area (TPSA) is 20.3 Å². The van der Waals surface area contributed by atoms with Crippen LogP contribution in [0.15, 0.2) is 0 Å². The summed E-state index contributed by atoms with van der Waals surface area (Å²) in [5.74, 6) is 0.266. The second-order valence-electron chi connectivity index (χ2n) is 5.07. The summed E-state index contributed by atoms with van der Waals surface area (Å²) in [5.41, 5.74) is -0.221. The molecule has 0 spiro atoms. The van der Waals surface area contributed by atoms with Gasteiger partial charge in [0, 0.05) is 18.5 Å². The van der Waals surface area contributed by atoms with Gasteiger partial charge in [-0.05, 0) is 5.06 Å². The third-order valence-corrected chi connectivity index (χ3v) is 2.40. The molecule has 1 rings (SSSR count). The van der Waals surface area contributed by atoms with Gasteiger partial charge in [-0.25, -0.2) is 0 Å². The molecular formula is C8H17BNOP. The molecule has 2 nitrogen and oxygen atoms in total. The molecule has 0 aromatic carbocycles. The van der Waals surface area contributed by atoms with E-state index in [4.69, 9.17) is 0 Å². The van der Waals surface area contributed by atoms with Crippen LogP contribution in [0.3, 0.4) is 0 Å². The highest BCUT2D eigenvalue weighted by Gasteiger charge is 2.40. The standard InChI is InChI=1S/C8H17BNOP/c1-7(2,3)6(11)10-4-8(9,12)5-10/h4-5,9,12H2,1-3H3. The van der Waals surface area contributed by atoms with Gasteiger partial charge < -0.3 is 4.90 Å². The van der Waals surface area contributed by atoms with Crippen molar-refractivity contribution in [3.8, 4) is 0 Å². The summed E-state index contributed by atoms with van der Waals surface area (Å²) in [6, 6.07) is 0. The van der Waals surface area contributed by atoms with E-state index in [0.717, 1.165) is 13.1 Å². The molecule has 12 heavy (non-hydrogen) atoms. The number of carbonyl (C=O) groups excluding carboxylic acids is 1. The molecule has 1 unspecified atom stereocenters. The molecule has 68 valence electrons. The highest BCUT2D eigenvalue weighted by molar-refractivity contribution is 7.22. The van der Waals surface area contributed by atoms with Crippen molar-refractivity contribution in [2.45, 2.75) is 25.8 Å². The first-order valence-corrected chi connectivity index (χ1v) is 4.88. The van der Waals surface area contributed by atoms with E-state index in [0.29, 0.717) is 0 Å². The van der Waals surface area contributed by atoms with Crippen molar-refractivity contribution in [3.05, 3.63) is 0 Å². The number of carbonyl (C=O) groups is 1. The second-order valence-corrected chi connectivity index (χ2v) is 6.46. The third kappa shape index (κ3) is 2.01. The molecule has 1 amide bonds. The molecule has 1 atom stereocenters. The Hall–Kier alpha value is -0.0351. The number of amides is 1. The number of likely N-dealkylation sites (tertiary alicyclic amines) is 1. The van der Waals surface area contributed by atoms with Gasteiger partial charge in [-0.3, -0.25) is 4.79 Å². The minimum Gasteiger partial charge on any atom is -0.342 e. The lowest BCUT2D eigenvalue weighted by molar-refractivity contribution is -0.143. The Labute approximate surface area is 77.7 Å². The predicted octanol–water partition coefficient (Wildman–Crippen LogP) is 0.0792. The number of nitrogens with zero attached hydrogens (tertiary/aromatic N) is 1. The van der Waals surface area contributed by atoms with E-state index in [9.17, 15) is 4.79 Å². The lowest BCUT2D eigenvalue weighted by atomic mass is 9.77. The van der Waals surface area contributed by atoms with Gasteiger partial charge in [0.1, 0.15) is 7.85 Å². The number of hydrogen-bond acceptors (Lipinski definition) is 1. The maximum Gasteiger partial charge on any atom is 0.227 e. The van der Waals surface area contributed by atoms with Crippen molar-refractivity contribution in [1.29, 1.82) is 0 Å². The fourth-order valence-corrected chi connectivity index (χ4v) is 1.88. The Kier molecular flexibility index (Phi) is 2.29. The third-order valence-electron chi connectivity index (χ3n) is 2.03. The van der Waals surface area contributed by atoms with Crippen molar-refractivity contribution in [2.75, 3.05) is 13.1 Å². The van der Waals surface area contributed by atoms with Crippen LogP contribution in [-0.4, -0.2) is 36.8 Å². The fraction of sp³-hybridized carbons (Fsp3) is 0.875. The van der Waals surface area contributed by atoms with Crippen LogP contribution in [0.25, 0.3) is 0 Å². The van der Waals surface area contributed by atoms with E-state index in [2.05, 4.69) is 17.1 Å². The van der Waals surface area contributed by atoms with Gasteiger partial charge in [-0.1, -0.05) is 20.8 Å². The summed E-state index contributed by atoms with van der Waals surface area (Å²) in [6.07, 6.45) is 0. The van der Waals surface area contributed by atoms with Crippen LogP contribution in [0.5, 0.6) is 0 Å². The predicted molar refractivity (Wildman–Crippen MR) is 57.0 cm³/mol. The lowest BCUT2D eigenvalue weighted by Crippen LogP contribution is -2.62.